The second-order valence-corrected chi connectivity index (χ2v) is 9.35. The van der Waals surface area contributed by atoms with Crippen LogP contribution in [0.3, 0.4) is 0 Å². The lowest BCUT2D eigenvalue weighted by molar-refractivity contribution is -0.125. The minimum atomic E-state index is -1.12. The minimum Gasteiger partial charge on any atom is -0.391 e. The Balaban J connectivity index is 1.28. The SMILES string of the molecule is C[C@H](O)[C@@H](NC(=O)N1CCN(c2ccc(C#Cc3ccc(N4CCNCC4)cc3)cc2)CC1)C(=O)CO. The lowest BCUT2D eigenvalue weighted by Crippen LogP contribution is -2.57. The van der Waals surface area contributed by atoms with Gasteiger partial charge in [-0.05, 0) is 55.5 Å². The quantitative estimate of drug-likeness (QED) is 0.427. The maximum atomic E-state index is 12.5. The molecule has 37 heavy (non-hydrogen) atoms. The third-order valence-electron chi connectivity index (χ3n) is 6.76. The zero-order valence-corrected chi connectivity index (χ0v) is 21.2. The van der Waals surface area contributed by atoms with Gasteiger partial charge in [-0.25, -0.2) is 4.79 Å². The molecule has 9 heteroatoms. The number of nitrogens with zero attached hydrogens (tertiary/aromatic N) is 3. The van der Waals surface area contributed by atoms with Crippen molar-refractivity contribution in [1.82, 2.24) is 15.5 Å². The highest BCUT2D eigenvalue weighted by molar-refractivity contribution is 5.89. The number of hydrogen-bond donors (Lipinski definition) is 4. The van der Waals surface area contributed by atoms with E-state index < -0.39 is 30.6 Å². The molecule has 2 aliphatic heterocycles. The van der Waals surface area contributed by atoms with Gasteiger partial charge < -0.3 is 35.5 Å². The molecule has 2 aliphatic rings. The van der Waals surface area contributed by atoms with Gasteiger partial charge in [-0.3, -0.25) is 4.79 Å². The monoisotopic (exact) mass is 505 g/mol. The lowest BCUT2D eigenvalue weighted by atomic mass is 10.1. The molecule has 0 bridgehead atoms. The molecule has 2 fully saturated rings. The lowest BCUT2D eigenvalue weighted by Gasteiger charge is -2.36. The second kappa shape index (κ2) is 12.6. The van der Waals surface area contributed by atoms with Crippen molar-refractivity contribution in [3.05, 3.63) is 59.7 Å². The number of urea groups is 1. The van der Waals surface area contributed by atoms with E-state index in [2.05, 4.69) is 56.5 Å². The van der Waals surface area contributed by atoms with Crippen LogP contribution in [0.4, 0.5) is 16.2 Å². The number of nitrogens with one attached hydrogen (secondary N) is 2. The van der Waals surface area contributed by atoms with Crippen molar-refractivity contribution >= 4 is 23.2 Å². The van der Waals surface area contributed by atoms with E-state index in [0.29, 0.717) is 26.2 Å². The molecule has 2 aromatic carbocycles. The number of amides is 2. The second-order valence-electron chi connectivity index (χ2n) is 9.35. The highest BCUT2D eigenvalue weighted by Gasteiger charge is 2.28. The molecule has 0 radical (unpaired) electrons. The topological polar surface area (TPSA) is 108 Å². The molecule has 0 aromatic heterocycles. The fourth-order valence-electron chi connectivity index (χ4n) is 4.54. The first-order chi connectivity index (χ1) is 17.9. The maximum Gasteiger partial charge on any atom is 0.318 e. The van der Waals surface area contributed by atoms with Crippen LogP contribution in [0.15, 0.2) is 48.5 Å². The molecule has 4 N–H and O–H groups in total. The van der Waals surface area contributed by atoms with E-state index in [-0.39, 0.29) is 0 Å². The van der Waals surface area contributed by atoms with Crippen LogP contribution < -0.4 is 20.4 Å². The van der Waals surface area contributed by atoms with Gasteiger partial charge >= 0.3 is 6.03 Å². The van der Waals surface area contributed by atoms with Gasteiger partial charge in [0.1, 0.15) is 12.6 Å². The standard InChI is InChI=1S/C28H35N5O4/c1-21(35)27(26(36)20-34)30-28(37)33-18-16-32(17-19-33)25-10-6-23(7-11-25)3-2-22-4-8-24(9-5-22)31-14-12-29-13-15-31/h4-11,21,27,29,34-35H,12-20H2,1H3,(H,30,37)/t21-,27+/m0/s1. The number of benzene rings is 2. The maximum absolute atomic E-state index is 12.5. The largest absolute Gasteiger partial charge is 0.391 e. The van der Waals surface area contributed by atoms with E-state index in [9.17, 15) is 14.7 Å². The molecule has 9 nitrogen and oxygen atoms in total. The first-order valence-corrected chi connectivity index (χ1v) is 12.7. The molecule has 0 saturated carbocycles. The molecule has 2 atom stereocenters. The van der Waals surface area contributed by atoms with Gasteiger partial charge in [0.05, 0.1) is 6.10 Å². The van der Waals surface area contributed by atoms with E-state index >= 15 is 0 Å². The number of Topliss-reactive ketones (excluding diaryl/α,β-unsaturated/α-hetero) is 1. The predicted octanol–water partition coefficient (Wildman–Crippen LogP) is 0.638. The van der Waals surface area contributed by atoms with Crippen LogP contribution in [-0.2, 0) is 4.79 Å². The van der Waals surface area contributed by atoms with E-state index in [1.165, 1.54) is 12.6 Å². The van der Waals surface area contributed by atoms with E-state index in [1.54, 1.807) is 4.90 Å². The zero-order valence-electron chi connectivity index (χ0n) is 21.2. The summed E-state index contributed by atoms with van der Waals surface area (Å²) < 4.78 is 0. The Morgan fingerprint density at radius 3 is 1.81 bits per heavy atom. The van der Waals surface area contributed by atoms with Crippen molar-refractivity contribution in [1.29, 1.82) is 0 Å². The molecule has 0 unspecified atom stereocenters. The van der Waals surface area contributed by atoms with Gasteiger partial charge in [-0.2, -0.15) is 0 Å². The Hall–Kier alpha value is -3.58. The van der Waals surface area contributed by atoms with Crippen molar-refractivity contribution in [3.63, 3.8) is 0 Å². The van der Waals surface area contributed by atoms with Crippen LogP contribution >= 0.6 is 0 Å². The van der Waals surface area contributed by atoms with Crippen molar-refractivity contribution < 1.29 is 19.8 Å². The highest BCUT2D eigenvalue weighted by atomic mass is 16.3. The molecule has 2 aromatic rings. The first kappa shape index (κ1) is 26.5. The zero-order chi connectivity index (χ0) is 26.2. The van der Waals surface area contributed by atoms with Crippen LogP contribution in [-0.4, -0.2) is 98.0 Å². The number of ketones is 1. The molecule has 2 heterocycles. The molecular formula is C28H35N5O4. The summed E-state index contributed by atoms with van der Waals surface area (Å²) in [6.07, 6.45) is -1.08. The number of aliphatic hydroxyl groups is 2. The molecule has 4 rings (SSSR count). The van der Waals surface area contributed by atoms with Gasteiger partial charge in [0.25, 0.3) is 0 Å². The van der Waals surface area contributed by atoms with Gasteiger partial charge in [0, 0.05) is 74.9 Å². The van der Waals surface area contributed by atoms with Crippen LogP contribution in [0, 0.1) is 11.8 Å². The Labute approximate surface area is 218 Å². The number of hydrogen-bond acceptors (Lipinski definition) is 7. The van der Waals surface area contributed by atoms with E-state index in [0.717, 1.165) is 43.0 Å². The summed E-state index contributed by atoms with van der Waals surface area (Å²) in [5.74, 6) is 5.86. The summed E-state index contributed by atoms with van der Waals surface area (Å²) in [7, 11) is 0. The van der Waals surface area contributed by atoms with Crippen molar-refractivity contribution in [3.8, 4) is 11.8 Å². The highest BCUT2D eigenvalue weighted by Crippen LogP contribution is 2.18. The summed E-state index contributed by atoms with van der Waals surface area (Å²) >= 11 is 0. The number of anilines is 2. The van der Waals surface area contributed by atoms with E-state index in [1.807, 2.05) is 24.3 Å². The third kappa shape index (κ3) is 7.01. The minimum absolute atomic E-state index is 0.418. The first-order valence-electron chi connectivity index (χ1n) is 12.7. The van der Waals surface area contributed by atoms with Gasteiger partial charge in [0.15, 0.2) is 5.78 Å². The molecular weight excluding hydrogens is 470 g/mol. The average Bonchev–Trinajstić information content (AvgIpc) is 2.95. The van der Waals surface area contributed by atoms with Gasteiger partial charge in [-0.15, -0.1) is 0 Å². The van der Waals surface area contributed by atoms with Gasteiger partial charge in [-0.1, -0.05) is 11.8 Å². The molecule has 2 saturated heterocycles. The number of carbonyl (C=O) groups is 2. The molecule has 0 aliphatic carbocycles. The van der Waals surface area contributed by atoms with Gasteiger partial charge in [0.2, 0.25) is 0 Å². The van der Waals surface area contributed by atoms with Crippen LogP contribution in [0.1, 0.15) is 18.1 Å². The van der Waals surface area contributed by atoms with Crippen molar-refractivity contribution in [2.45, 2.75) is 19.1 Å². The van der Waals surface area contributed by atoms with E-state index in [4.69, 9.17) is 5.11 Å². The normalized spacial score (nSPS) is 17.4. The van der Waals surface area contributed by atoms with Crippen LogP contribution in [0.2, 0.25) is 0 Å². The molecule has 0 spiro atoms. The predicted molar refractivity (Wildman–Crippen MR) is 144 cm³/mol. The van der Waals surface area contributed by atoms with Crippen LogP contribution in [0.25, 0.3) is 0 Å². The Morgan fingerprint density at radius 2 is 1.35 bits per heavy atom. The summed E-state index contributed by atoms with van der Waals surface area (Å²) in [6.45, 7) is 7.01. The number of piperazine rings is 2. The average molecular weight is 506 g/mol. The number of carbonyl (C=O) groups excluding carboxylic acids is 2. The summed E-state index contributed by atoms with van der Waals surface area (Å²) in [4.78, 5) is 30.5. The molecule has 196 valence electrons. The number of aliphatic hydroxyl groups excluding tert-OH is 2. The number of rotatable bonds is 6. The Morgan fingerprint density at radius 1 is 0.865 bits per heavy atom. The van der Waals surface area contributed by atoms with Crippen molar-refractivity contribution in [2.24, 2.45) is 0 Å². The Bertz CT molecular complexity index is 1110. The fourth-order valence-corrected chi connectivity index (χ4v) is 4.54. The summed E-state index contributed by atoms with van der Waals surface area (Å²) in [5.41, 5.74) is 4.21. The third-order valence-corrected chi connectivity index (χ3v) is 6.76. The van der Waals surface area contributed by atoms with Crippen molar-refractivity contribution in [2.75, 3.05) is 68.8 Å². The molecule has 2 amide bonds. The van der Waals surface area contributed by atoms with Crippen LogP contribution in [0.5, 0.6) is 0 Å². The Kier molecular flexibility index (Phi) is 9.01. The summed E-state index contributed by atoms with van der Waals surface area (Å²) in [5, 5.41) is 24.7. The smallest absolute Gasteiger partial charge is 0.318 e. The fraction of sp³-hybridized carbons (Fsp3) is 0.429. The summed E-state index contributed by atoms with van der Waals surface area (Å²) in [6, 6.07) is 14.9.